The van der Waals surface area contributed by atoms with Gasteiger partial charge in [0.1, 0.15) is 0 Å². The number of fused-ring (bicyclic) bond motifs is 3. The minimum Gasteiger partial charge on any atom is -0.548 e. The van der Waals surface area contributed by atoms with Gasteiger partial charge in [-0.05, 0) is 24.1 Å². The van der Waals surface area contributed by atoms with Crippen molar-refractivity contribution in [1.82, 2.24) is 14.9 Å². The number of hydrogen-bond donors (Lipinski definition) is 1. The molecule has 3 aromatic rings. The van der Waals surface area contributed by atoms with E-state index < -0.39 is 18.0 Å². The van der Waals surface area contributed by atoms with Crippen molar-refractivity contribution < 1.29 is 14.7 Å². The maximum absolute atomic E-state index is 12.7. The summed E-state index contributed by atoms with van der Waals surface area (Å²) in [5.41, 5.74) is 2.58. The molecule has 1 N–H and O–H groups in total. The third kappa shape index (κ3) is 2.88. The summed E-state index contributed by atoms with van der Waals surface area (Å²) < 4.78 is 1.96. The molecule has 0 radical (unpaired) electrons. The van der Waals surface area contributed by atoms with E-state index in [9.17, 15) is 14.7 Å². The predicted molar refractivity (Wildman–Crippen MR) is 94.6 cm³/mol. The molecule has 0 aliphatic carbocycles. The van der Waals surface area contributed by atoms with E-state index in [2.05, 4.69) is 10.3 Å². The summed E-state index contributed by atoms with van der Waals surface area (Å²) >= 11 is 0. The van der Waals surface area contributed by atoms with E-state index in [1.54, 1.807) is 0 Å². The van der Waals surface area contributed by atoms with E-state index in [0.29, 0.717) is 19.0 Å². The number of carbonyl (C=O) groups excluding carboxylic acids is 2. The van der Waals surface area contributed by atoms with E-state index in [1.165, 1.54) is 4.90 Å². The van der Waals surface area contributed by atoms with Crippen LogP contribution in [-0.4, -0.2) is 34.1 Å². The number of carboxylic acids is 1. The molecule has 0 bridgehead atoms. The Morgan fingerprint density at radius 2 is 1.81 bits per heavy atom. The molecule has 0 spiro atoms. The number of carboxylic acid groups (broad SMARTS) is 1. The summed E-state index contributed by atoms with van der Waals surface area (Å²) in [5, 5.41) is 14.0. The summed E-state index contributed by atoms with van der Waals surface area (Å²) in [6.45, 7) is 1.07. The van der Waals surface area contributed by atoms with Gasteiger partial charge in [-0.3, -0.25) is 4.90 Å². The molecule has 4 rings (SSSR count). The zero-order valence-corrected chi connectivity index (χ0v) is 14.0. The quantitative estimate of drug-likeness (QED) is 0.759. The summed E-state index contributed by atoms with van der Waals surface area (Å²) in [6.07, 6.45) is 0.166. The molecule has 0 saturated heterocycles. The molecule has 1 aliphatic rings. The van der Waals surface area contributed by atoms with Gasteiger partial charge in [0.15, 0.2) is 0 Å². The first-order valence-corrected chi connectivity index (χ1v) is 8.41. The molecule has 0 saturated carbocycles. The maximum Gasteiger partial charge on any atom is 0.324 e. The standard InChI is InChI=1S/C19H18N4O3/c24-17(25)15(12-13-6-2-1-3-7-13)21-19(26)23-11-10-22-16-9-5-4-8-14(16)20-18(22)23/h1-9,15H,10-12H2,(H,21,26)(H,24,25)/p-1/t15-/m0/s1. The smallest absolute Gasteiger partial charge is 0.324 e. The number of amides is 2. The van der Waals surface area contributed by atoms with Crippen molar-refractivity contribution in [2.24, 2.45) is 0 Å². The Balaban J connectivity index is 1.54. The molecule has 1 atom stereocenters. The molecule has 0 fully saturated rings. The van der Waals surface area contributed by atoms with Crippen molar-refractivity contribution in [2.45, 2.75) is 19.0 Å². The minimum absolute atomic E-state index is 0.166. The zero-order valence-electron chi connectivity index (χ0n) is 14.0. The second-order valence-corrected chi connectivity index (χ2v) is 6.21. The van der Waals surface area contributed by atoms with Crippen LogP contribution in [0.5, 0.6) is 0 Å². The highest BCUT2D eigenvalue weighted by Crippen LogP contribution is 2.27. The highest BCUT2D eigenvalue weighted by atomic mass is 16.4. The molecule has 2 heterocycles. The fourth-order valence-electron chi connectivity index (χ4n) is 3.25. The van der Waals surface area contributed by atoms with Crippen LogP contribution in [0, 0.1) is 0 Å². The molecule has 2 aromatic carbocycles. The Kier molecular flexibility index (Phi) is 4.04. The van der Waals surface area contributed by atoms with Crippen molar-refractivity contribution in [2.75, 3.05) is 11.4 Å². The van der Waals surface area contributed by atoms with Crippen LogP contribution in [0.15, 0.2) is 54.6 Å². The number of rotatable bonds is 4. The van der Waals surface area contributed by atoms with Crippen LogP contribution >= 0.6 is 0 Å². The summed E-state index contributed by atoms with van der Waals surface area (Å²) in [5.74, 6) is -0.782. The minimum atomic E-state index is -1.31. The van der Waals surface area contributed by atoms with Gasteiger partial charge in [-0.2, -0.15) is 0 Å². The van der Waals surface area contributed by atoms with Gasteiger partial charge in [-0.1, -0.05) is 42.5 Å². The third-order valence-electron chi connectivity index (χ3n) is 4.53. The van der Waals surface area contributed by atoms with E-state index in [-0.39, 0.29) is 6.42 Å². The van der Waals surface area contributed by atoms with Gasteiger partial charge in [0.05, 0.1) is 23.0 Å². The van der Waals surface area contributed by atoms with Crippen molar-refractivity contribution in [3.8, 4) is 0 Å². The molecule has 7 heteroatoms. The van der Waals surface area contributed by atoms with Gasteiger partial charge >= 0.3 is 6.03 Å². The first-order valence-electron chi connectivity index (χ1n) is 8.41. The Morgan fingerprint density at radius 3 is 2.58 bits per heavy atom. The van der Waals surface area contributed by atoms with Crippen molar-refractivity contribution >= 4 is 29.0 Å². The number of nitrogens with one attached hydrogen (secondary N) is 1. The molecule has 2 amide bonds. The fourth-order valence-corrected chi connectivity index (χ4v) is 3.25. The van der Waals surface area contributed by atoms with Gasteiger partial charge in [0.25, 0.3) is 0 Å². The Bertz CT molecular complexity index is 967. The van der Waals surface area contributed by atoms with Crippen LogP contribution in [0.25, 0.3) is 11.0 Å². The monoisotopic (exact) mass is 349 g/mol. The van der Waals surface area contributed by atoms with Gasteiger partial charge in [0.2, 0.25) is 5.95 Å². The lowest BCUT2D eigenvalue weighted by atomic mass is 10.1. The number of nitrogens with zero attached hydrogens (tertiary/aromatic N) is 3. The summed E-state index contributed by atoms with van der Waals surface area (Å²) in [7, 11) is 0. The topological polar surface area (TPSA) is 90.3 Å². The van der Waals surface area contributed by atoms with Crippen LogP contribution in [0.1, 0.15) is 5.56 Å². The Hall–Kier alpha value is -3.35. The summed E-state index contributed by atoms with van der Waals surface area (Å²) in [6, 6.07) is 15.2. The number of aliphatic carboxylic acids is 1. The number of aromatic nitrogens is 2. The first kappa shape index (κ1) is 16.1. The zero-order chi connectivity index (χ0) is 18.1. The average molecular weight is 349 g/mol. The third-order valence-corrected chi connectivity index (χ3v) is 4.53. The number of benzene rings is 2. The summed E-state index contributed by atoms with van der Waals surface area (Å²) in [4.78, 5) is 30.1. The number of carbonyl (C=O) groups is 2. The van der Waals surface area contributed by atoms with Gasteiger partial charge < -0.3 is 19.8 Å². The second-order valence-electron chi connectivity index (χ2n) is 6.21. The van der Waals surface area contributed by atoms with E-state index in [4.69, 9.17) is 0 Å². The molecule has 1 aromatic heterocycles. The van der Waals surface area contributed by atoms with Gasteiger partial charge in [0, 0.05) is 13.1 Å². The van der Waals surface area contributed by atoms with Crippen molar-refractivity contribution in [3.05, 3.63) is 60.2 Å². The Labute approximate surface area is 149 Å². The molecule has 1 aliphatic heterocycles. The molecular formula is C19H17N4O3-. The first-order chi connectivity index (χ1) is 12.6. The van der Waals surface area contributed by atoms with E-state index in [0.717, 1.165) is 16.6 Å². The molecule has 0 unspecified atom stereocenters. The fraction of sp³-hybridized carbons (Fsp3) is 0.211. The van der Waals surface area contributed by atoms with Crippen LogP contribution < -0.4 is 15.3 Å². The van der Waals surface area contributed by atoms with E-state index in [1.807, 2.05) is 59.2 Å². The maximum atomic E-state index is 12.7. The van der Waals surface area contributed by atoms with Crippen LogP contribution in [0.2, 0.25) is 0 Å². The molecule has 7 nitrogen and oxygen atoms in total. The molecular weight excluding hydrogens is 332 g/mol. The lowest BCUT2D eigenvalue weighted by Gasteiger charge is -2.23. The van der Waals surface area contributed by atoms with Crippen LogP contribution in [0.4, 0.5) is 10.7 Å². The number of imidazole rings is 1. The van der Waals surface area contributed by atoms with Gasteiger partial charge in [-0.25, -0.2) is 9.78 Å². The highest BCUT2D eigenvalue weighted by molar-refractivity contribution is 5.95. The number of anilines is 1. The van der Waals surface area contributed by atoms with Crippen molar-refractivity contribution in [1.29, 1.82) is 0 Å². The second kappa shape index (κ2) is 6.51. The van der Waals surface area contributed by atoms with Crippen LogP contribution in [-0.2, 0) is 17.8 Å². The molecule has 26 heavy (non-hydrogen) atoms. The predicted octanol–water partition coefficient (Wildman–Crippen LogP) is 0.927. The van der Waals surface area contributed by atoms with Gasteiger partial charge in [-0.15, -0.1) is 0 Å². The SMILES string of the molecule is O=C([O-])[C@H](Cc1ccccc1)NC(=O)N1CCn2c1nc1ccccc12. The van der Waals surface area contributed by atoms with Crippen molar-refractivity contribution in [3.63, 3.8) is 0 Å². The number of hydrogen-bond acceptors (Lipinski definition) is 4. The lowest BCUT2D eigenvalue weighted by Crippen LogP contribution is -2.53. The average Bonchev–Trinajstić information content (AvgIpc) is 3.21. The largest absolute Gasteiger partial charge is 0.548 e. The Morgan fingerprint density at radius 1 is 1.08 bits per heavy atom. The normalized spacial score (nSPS) is 14.2. The van der Waals surface area contributed by atoms with Crippen LogP contribution in [0.3, 0.4) is 0 Å². The molecule has 132 valence electrons. The lowest BCUT2D eigenvalue weighted by molar-refractivity contribution is -0.308. The number of para-hydroxylation sites is 2. The number of urea groups is 1. The highest BCUT2D eigenvalue weighted by Gasteiger charge is 2.29. The van der Waals surface area contributed by atoms with E-state index >= 15 is 0 Å².